The molecule has 0 bridgehead atoms. The van der Waals surface area contributed by atoms with Crippen LogP contribution in [0.4, 0.5) is 0 Å². The van der Waals surface area contributed by atoms with Crippen LogP contribution in [0.3, 0.4) is 0 Å². The third-order valence-electron chi connectivity index (χ3n) is 6.62. The van der Waals surface area contributed by atoms with Crippen molar-refractivity contribution in [1.82, 2.24) is 30.2 Å². The molecule has 1 atom stereocenters. The summed E-state index contributed by atoms with van der Waals surface area (Å²) in [6, 6.07) is 4.67. The summed E-state index contributed by atoms with van der Waals surface area (Å²) < 4.78 is 0. The molecule has 6 heteroatoms. The molecule has 4 rings (SSSR count). The Morgan fingerprint density at radius 3 is 2.86 bits per heavy atom. The van der Waals surface area contributed by atoms with E-state index in [1.54, 1.807) is 0 Å². The predicted molar refractivity (Wildman–Crippen MR) is 115 cm³/mol. The Morgan fingerprint density at radius 2 is 2.07 bits per heavy atom. The predicted octanol–water partition coefficient (Wildman–Crippen LogP) is 3.62. The molecule has 1 saturated heterocycles. The SMILES string of the molecule is CC(C)CN1CCC(Cc2[nH]nnc2CN(C)C2CCCc3cccnc32)CC1. The molecule has 0 amide bonds. The fraction of sp³-hybridized carbons (Fsp3) is 0.696. The summed E-state index contributed by atoms with van der Waals surface area (Å²) in [5, 5.41) is 11.8. The minimum atomic E-state index is 0.378. The summed E-state index contributed by atoms with van der Waals surface area (Å²) in [6.45, 7) is 9.13. The van der Waals surface area contributed by atoms with Crippen LogP contribution >= 0.6 is 0 Å². The molecule has 2 aromatic rings. The van der Waals surface area contributed by atoms with Crippen molar-refractivity contribution in [3.05, 3.63) is 41.0 Å². The summed E-state index contributed by atoms with van der Waals surface area (Å²) in [5.41, 5.74) is 5.00. The third-order valence-corrected chi connectivity index (χ3v) is 6.62. The van der Waals surface area contributed by atoms with Gasteiger partial charge in [0.25, 0.3) is 0 Å². The molecule has 1 fully saturated rings. The van der Waals surface area contributed by atoms with Gasteiger partial charge in [-0.25, -0.2) is 0 Å². The second-order valence-corrected chi connectivity index (χ2v) is 9.45. The van der Waals surface area contributed by atoms with Crippen LogP contribution in [0.25, 0.3) is 0 Å². The number of rotatable bonds is 7. The van der Waals surface area contributed by atoms with E-state index in [9.17, 15) is 0 Å². The number of aromatic nitrogens is 4. The topological polar surface area (TPSA) is 60.9 Å². The van der Waals surface area contributed by atoms with Crippen LogP contribution in [0.5, 0.6) is 0 Å². The maximum atomic E-state index is 4.70. The minimum absolute atomic E-state index is 0.378. The van der Waals surface area contributed by atoms with E-state index in [-0.39, 0.29) is 0 Å². The van der Waals surface area contributed by atoms with Gasteiger partial charge in [0.1, 0.15) is 0 Å². The molecule has 0 radical (unpaired) electrons. The van der Waals surface area contributed by atoms with Crippen LogP contribution in [0.1, 0.15) is 68.2 Å². The first-order chi connectivity index (χ1) is 14.1. The number of hydrogen-bond donors (Lipinski definition) is 1. The lowest BCUT2D eigenvalue weighted by atomic mass is 9.90. The van der Waals surface area contributed by atoms with Crippen molar-refractivity contribution in [2.45, 2.75) is 65.0 Å². The summed E-state index contributed by atoms with van der Waals surface area (Å²) in [4.78, 5) is 9.74. The molecular weight excluding hydrogens is 360 g/mol. The first-order valence-electron chi connectivity index (χ1n) is 11.3. The molecule has 0 aromatic carbocycles. The number of nitrogens with zero attached hydrogens (tertiary/aromatic N) is 5. The van der Waals surface area contributed by atoms with Gasteiger partial charge >= 0.3 is 0 Å². The Bertz CT molecular complexity index is 777. The molecule has 0 spiro atoms. The van der Waals surface area contributed by atoms with Crippen LogP contribution in [0.15, 0.2) is 18.3 Å². The summed E-state index contributed by atoms with van der Waals surface area (Å²) in [7, 11) is 2.21. The van der Waals surface area contributed by atoms with E-state index in [1.165, 1.54) is 62.3 Å². The Hall–Kier alpha value is -1.79. The van der Waals surface area contributed by atoms with Crippen LogP contribution < -0.4 is 0 Å². The second-order valence-electron chi connectivity index (χ2n) is 9.45. The maximum Gasteiger partial charge on any atom is 0.0996 e. The molecule has 1 unspecified atom stereocenters. The standard InChI is InChI=1S/C23H36N6/c1-17(2)15-29-12-9-18(10-13-29)14-20-21(26-27-25-20)16-28(3)22-8-4-6-19-7-5-11-24-23(19)22/h5,7,11,17-18,22H,4,6,8-10,12-16H2,1-3H3,(H,25,26,27). The van der Waals surface area contributed by atoms with Crippen LogP contribution in [0.2, 0.25) is 0 Å². The molecule has 158 valence electrons. The Kier molecular flexibility index (Phi) is 6.60. The number of aromatic amines is 1. The number of nitrogens with one attached hydrogen (secondary N) is 1. The molecule has 29 heavy (non-hydrogen) atoms. The van der Waals surface area contributed by atoms with Gasteiger partial charge in [0, 0.05) is 19.3 Å². The largest absolute Gasteiger partial charge is 0.303 e. The number of piperidine rings is 1. The molecule has 2 aromatic heterocycles. The number of fused-ring (bicyclic) bond motifs is 1. The highest BCUT2D eigenvalue weighted by Crippen LogP contribution is 2.33. The zero-order valence-electron chi connectivity index (χ0n) is 18.3. The van der Waals surface area contributed by atoms with Gasteiger partial charge in [-0.2, -0.15) is 0 Å². The summed E-state index contributed by atoms with van der Waals surface area (Å²) >= 11 is 0. The molecule has 1 aliphatic heterocycles. The number of H-pyrrole nitrogens is 1. The third kappa shape index (κ3) is 5.04. The van der Waals surface area contributed by atoms with Crippen molar-refractivity contribution in [1.29, 1.82) is 0 Å². The van der Waals surface area contributed by atoms with Crippen molar-refractivity contribution in [2.24, 2.45) is 11.8 Å². The average molecular weight is 397 g/mol. The van der Waals surface area contributed by atoms with Crippen molar-refractivity contribution in [2.75, 3.05) is 26.7 Å². The maximum absolute atomic E-state index is 4.70. The van der Waals surface area contributed by atoms with Crippen molar-refractivity contribution in [3.63, 3.8) is 0 Å². The first-order valence-corrected chi connectivity index (χ1v) is 11.3. The van der Waals surface area contributed by atoms with E-state index in [2.05, 4.69) is 58.2 Å². The number of hydrogen-bond acceptors (Lipinski definition) is 5. The van der Waals surface area contributed by atoms with E-state index in [0.717, 1.165) is 36.9 Å². The van der Waals surface area contributed by atoms with Crippen LogP contribution in [-0.2, 0) is 19.4 Å². The van der Waals surface area contributed by atoms with Crippen LogP contribution in [0, 0.1) is 11.8 Å². The number of pyridine rings is 1. The molecule has 1 N–H and O–H groups in total. The lowest BCUT2D eigenvalue weighted by Crippen LogP contribution is -2.36. The molecule has 6 nitrogen and oxygen atoms in total. The molecule has 3 heterocycles. The minimum Gasteiger partial charge on any atom is -0.303 e. The van der Waals surface area contributed by atoms with Crippen molar-refractivity contribution >= 4 is 0 Å². The summed E-state index contributed by atoms with van der Waals surface area (Å²) in [5.74, 6) is 1.49. The highest BCUT2D eigenvalue weighted by Gasteiger charge is 2.27. The fourth-order valence-electron chi connectivity index (χ4n) is 5.10. The first kappa shape index (κ1) is 20.5. The van der Waals surface area contributed by atoms with Gasteiger partial charge in [0.15, 0.2) is 0 Å². The van der Waals surface area contributed by atoms with Crippen molar-refractivity contribution < 1.29 is 0 Å². The summed E-state index contributed by atoms with van der Waals surface area (Å²) in [6.07, 6.45) is 9.11. The van der Waals surface area contributed by atoms with Gasteiger partial charge in [-0.15, -0.1) is 5.10 Å². The quantitative estimate of drug-likeness (QED) is 0.774. The van der Waals surface area contributed by atoms with E-state index < -0.39 is 0 Å². The van der Waals surface area contributed by atoms with Gasteiger partial charge in [-0.3, -0.25) is 15.0 Å². The van der Waals surface area contributed by atoms with Gasteiger partial charge in [0.05, 0.1) is 23.1 Å². The van der Waals surface area contributed by atoms with E-state index in [1.807, 2.05) is 6.20 Å². The van der Waals surface area contributed by atoms with Gasteiger partial charge in [0.2, 0.25) is 0 Å². The van der Waals surface area contributed by atoms with E-state index >= 15 is 0 Å². The van der Waals surface area contributed by atoms with E-state index in [4.69, 9.17) is 4.98 Å². The van der Waals surface area contributed by atoms with E-state index in [0.29, 0.717) is 6.04 Å². The Morgan fingerprint density at radius 1 is 1.24 bits per heavy atom. The zero-order valence-corrected chi connectivity index (χ0v) is 18.3. The molecule has 2 aliphatic rings. The normalized spacial score (nSPS) is 21.1. The Balaban J connectivity index is 1.35. The van der Waals surface area contributed by atoms with Crippen LogP contribution in [-0.4, -0.2) is 56.9 Å². The smallest absolute Gasteiger partial charge is 0.0996 e. The van der Waals surface area contributed by atoms with Crippen molar-refractivity contribution in [3.8, 4) is 0 Å². The number of likely N-dealkylation sites (tertiary alicyclic amines) is 1. The Labute approximate surface area is 175 Å². The second kappa shape index (κ2) is 9.35. The lowest BCUT2D eigenvalue weighted by molar-refractivity contribution is 0.166. The fourth-order valence-corrected chi connectivity index (χ4v) is 5.10. The zero-order chi connectivity index (χ0) is 20.2. The lowest BCUT2D eigenvalue weighted by Gasteiger charge is -2.33. The molecule has 0 saturated carbocycles. The van der Waals surface area contributed by atoms with Gasteiger partial charge < -0.3 is 4.90 Å². The molecular formula is C23H36N6. The van der Waals surface area contributed by atoms with Gasteiger partial charge in [-0.05, 0) is 82.1 Å². The highest BCUT2D eigenvalue weighted by molar-refractivity contribution is 5.25. The molecule has 1 aliphatic carbocycles. The average Bonchev–Trinajstić information content (AvgIpc) is 3.15. The van der Waals surface area contributed by atoms with Gasteiger partial charge in [-0.1, -0.05) is 25.1 Å². The highest BCUT2D eigenvalue weighted by atomic mass is 15.3. The monoisotopic (exact) mass is 396 g/mol. The number of aryl methyl sites for hydroxylation is 1.